The van der Waals surface area contributed by atoms with Gasteiger partial charge in [-0.1, -0.05) is 34.1 Å². The number of piperidine rings is 1. The Balaban J connectivity index is 0.00000225. The first-order chi connectivity index (χ1) is 11.6. The summed E-state index contributed by atoms with van der Waals surface area (Å²) in [7, 11) is 4.07. The summed E-state index contributed by atoms with van der Waals surface area (Å²) in [5.74, 6) is 1.70. The fourth-order valence-electron chi connectivity index (χ4n) is 3.56. The molecule has 1 aliphatic heterocycles. The lowest BCUT2D eigenvalue weighted by atomic mass is 9.96. The van der Waals surface area contributed by atoms with Crippen molar-refractivity contribution in [2.24, 2.45) is 10.9 Å². The number of nitrogens with zero attached hydrogens (tertiary/aromatic N) is 2. The molecule has 0 bridgehead atoms. The Morgan fingerprint density at radius 1 is 1.24 bits per heavy atom. The Kier molecular flexibility index (Phi) is 8.01. The van der Waals surface area contributed by atoms with E-state index in [1.165, 1.54) is 48.8 Å². The van der Waals surface area contributed by atoms with Crippen LogP contribution in [0, 0.1) is 5.92 Å². The van der Waals surface area contributed by atoms with Gasteiger partial charge >= 0.3 is 0 Å². The SMILES string of the molecule is CN=C(NCC1CCN(C)CC1)NCC1(c2ccccc2Br)CC1.I. The number of rotatable bonds is 5. The smallest absolute Gasteiger partial charge is 0.191 e. The van der Waals surface area contributed by atoms with E-state index in [0.717, 1.165) is 25.0 Å². The predicted molar refractivity (Wildman–Crippen MR) is 120 cm³/mol. The van der Waals surface area contributed by atoms with E-state index in [0.29, 0.717) is 0 Å². The fourth-order valence-corrected chi connectivity index (χ4v) is 4.27. The van der Waals surface area contributed by atoms with Gasteiger partial charge in [-0.3, -0.25) is 4.99 Å². The van der Waals surface area contributed by atoms with Crippen molar-refractivity contribution in [3.05, 3.63) is 34.3 Å². The zero-order valence-electron chi connectivity index (χ0n) is 15.2. The molecule has 6 heteroatoms. The van der Waals surface area contributed by atoms with Gasteiger partial charge in [0, 0.05) is 30.0 Å². The first kappa shape index (κ1) is 21.0. The largest absolute Gasteiger partial charge is 0.356 e. The van der Waals surface area contributed by atoms with Crippen LogP contribution in [0.4, 0.5) is 0 Å². The van der Waals surface area contributed by atoms with Gasteiger partial charge in [-0.05, 0) is 63.4 Å². The van der Waals surface area contributed by atoms with Crippen molar-refractivity contribution in [3.8, 4) is 0 Å². The number of benzene rings is 1. The predicted octanol–water partition coefficient (Wildman–Crippen LogP) is 3.61. The number of likely N-dealkylation sites (tertiary alicyclic amines) is 1. The summed E-state index contributed by atoms with van der Waals surface area (Å²) < 4.78 is 1.22. The molecule has 25 heavy (non-hydrogen) atoms. The van der Waals surface area contributed by atoms with Crippen LogP contribution in [0.2, 0.25) is 0 Å². The van der Waals surface area contributed by atoms with Crippen LogP contribution in [0.5, 0.6) is 0 Å². The van der Waals surface area contributed by atoms with Crippen LogP contribution in [0.15, 0.2) is 33.7 Å². The van der Waals surface area contributed by atoms with Crippen molar-refractivity contribution in [3.63, 3.8) is 0 Å². The van der Waals surface area contributed by atoms with Crippen molar-refractivity contribution < 1.29 is 0 Å². The molecule has 2 fully saturated rings. The van der Waals surface area contributed by atoms with E-state index in [2.05, 4.69) is 67.8 Å². The van der Waals surface area contributed by atoms with Crippen molar-refractivity contribution >= 4 is 45.9 Å². The lowest BCUT2D eigenvalue weighted by molar-refractivity contribution is 0.220. The van der Waals surface area contributed by atoms with Gasteiger partial charge in [0.15, 0.2) is 5.96 Å². The second-order valence-corrected chi connectivity index (χ2v) is 8.17. The summed E-state index contributed by atoms with van der Waals surface area (Å²) in [6, 6.07) is 8.60. The molecule has 1 aromatic rings. The zero-order valence-corrected chi connectivity index (χ0v) is 19.1. The Morgan fingerprint density at radius 3 is 2.52 bits per heavy atom. The summed E-state index contributed by atoms with van der Waals surface area (Å²) in [5, 5.41) is 7.08. The number of halogens is 2. The molecule has 1 aliphatic carbocycles. The van der Waals surface area contributed by atoms with Gasteiger partial charge in [0.2, 0.25) is 0 Å². The molecule has 1 aromatic carbocycles. The quantitative estimate of drug-likeness (QED) is 0.354. The maximum Gasteiger partial charge on any atom is 0.191 e. The Morgan fingerprint density at radius 2 is 1.92 bits per heavy atom. The van der Waals surface area contributed by atoms with Gasteiger partial charge in [0.1, 0.15) is 0 Å². The minimum Gasteiger partial charge on any atom is -0.356 e. The van der Waals surface area contributed by atoms with Crippen LogP contribution in [-0.2, 0) is 5.41 Å². The first-order valence-electron chi connectivity index (χ1n) is 9.01. The van der Waals surface area contributed by atoms with E-state index >= 15 is 0 Å². The molecule has 0 aromatic heterocycles. The molecular weight excluding hydrogens is 491 g/mol. The third kappa shape index (κ3) is 5.57. The van der Waals surface area contributed by atoms with Crippen molar-refractivity contribution in [2.45, 2.75) is 31.1 Å². The molecule has 0 atom stereocenters. The van der Waals surface area contributed by atoms with Gasteiger partial charge in [0.25, 0.3) is 0 Å². The second-order valence-electron chi connectivity index (χ2n) is 7.31. The molecule has 1 heterocycles. The van der Waals surface area contributed by atoms with Gasteiger partial charge in [-0.25, -0.2) is 0 Å². The molecule has 0 spiro atoms. The van der Waals surface area contributed by atoms with Crippen molar-refractivity contribution in [2.75, 3.05) is 40.3 Å². The molecule has 3 rings (SSSR count). The number of nitrogens with one attached hydrogen (secondary N) is 2. The van der Waals surface area contributed by atoms with Crippen LogP contribution in [0.1, 0.15) is 31.2 Å². The number of aliphatic imine (C=N–C) groups is 1. The second kappa shape index (κ2) is 9.55. The Bertz CT molecular complexity index is 581. The highest BCUT2D eigenvalue weighted by atomic mass is 127. The van der Waals surface area contributed by atoms with Gasteiger partial charge in [0.05, 0.1) is 0 Å². The summed E-state index contributed by atoms with van der Waals surface area (Å²) in [5.41, 5.74) is 1.69. The molecule has 0 amide bonds. The van der Waals surface area contributed by atoms with Crippen LogP contribution in [-0.4, -0.2) is 51.1 Å². The Labute approximate surface area is 177 Å². The molecule has 0 unspecified atom stereocenters. The highest BCUT2D eigenvalue weighted by Gasteiger charge is 2.45. The van der Waals surface area contributed by atoms with Crippen molar-refractivity contribution in [1.29, 1.82) is 0 Å². The van der Waals surface area contributed by atoms with Crippen LogP contribution >= 0.6 is 39.9 Å². The minimum atomic E-state index is 0. The molecule has 2 aliphatic rings. The van der Waals surface area contributed by atoms with Crippen LogP contribution < -0.4 is 10.6 Å². The van der Waals surface area contributed by atoms with Gasteiger partial charge in [-0.15, -0.1) is 24.0 Å². The molecule has 2 N–H and O–H groups in total. The monoisotopic (exact) mass is 520 g/mol. The number of guanidine groups is 1. The summed E-state index contributed by atoms with van der Waals surface area (Å²) in [6.45, 7) is 4.39. The standard InChI is InChI=1S/C19H29BrN4.HI/c1-21-18(22-13-15-7-11-24(2)12-8-15)23-14-19(9-10-19)16-5-3-4-6-17(16)20;/h3-6,15H,7-14H2,1-2H3,(H2,21,22,23);1H. The fraction of sp³-hybridized carbons (Fsp3) is 0.632. The summed E-state index contributed by atoms with van der Waals surface area (Å²) in [6.07, 6.45) is 5.05. The maximum absolute atomic E-state index is 4.41. The average Bonchev–Trinajstić information content (AvgIpc) is 3.38. The number of hydrogen-bond acceptors (Lipinski definition) is 2. The highest BCUT2D eigenvalue weighted by Crippen LogP contribution is 2.49. The van der Waals surface area contributed by atoms with Crippen LogP contribution in [0.3, 0.4) is 0 Å². The molecular formula is C19H30BrIN4. The van der Waals surface area contributed by atoms with Gasteiger partial charge < -0.3 is 15.5 Å². The van der Waals surface area contributed by atoms with Crippen LogP contribution in [0.25, 0.3) is 0 Å². The van der Waals surface area contributed by atoms with Gasteiger partial charge in [-0.2, -0.15) is 0 Å². The topological polar surface area (TPSA) is 39.7 Å². The third-order valence-corrected chi connectivity index (χ3v) is 6.20. The maximum atomic E-state index is 4.41. The van der Waals surface area contributed by atoms with E-state index in [-0.39, 0.29) is 29.4 Å². The highest BCUT2D eigenvalue weighted by molar-refractivity contribution is 14.0. The molecule has 0 radical (unpaired) electrons. The van der Waals surface area contributed by atoms with E-state index in [9.17, 15) is 0 Å². The summed E-state index contributed by atoms with van der Waals surface area (Å²) in [4.78, 5) is 6.82. The van der Waals surface area contributed by atoms with E-state index in [1.54, 1.807) is 0 Å². The lowest BCUT2D eigenvalue weighted by Crippen LogP contribution is -2.44. The number of hydrogen-bond donors (Lipinski definition) is 2. The molecule has 4 nitrogen and oxygen atoms in total. The average molecular weight is 521 g/mol. The Hall–Kier alpha value is -0.340. The van der Waals surface area contributed by atoms with E-state index < -0.39 is 0 Å². The minimum absolute atomic E-state index is 0. The lowest BCUT2D eigenvalue weighted by Gasteiger charge is -2.29. The van der Waals surface area contributed by atoms with E-state index in [4.69, 9.17) is 0 Å². The first-order valence-corrected chi connectivity index (χ1v) is 9.80. The zero-order chi connectivity index (χ0) is 17.0. The molecule has 140 valence electrons. The summed E-state index contributed by atoms with van der Waals surface area (Å²) >= 11 is 3.71. The molecule has 1 saturated heterocycles. The normalized spacial score (nSPS) is 20.7. The van der Waals surface area contributed by atoms with E-state index in [1.807, 2.05) is 7.05 Å². The van der Waals surface area contributed by atoms with Crippen molar-refractivity contribution in [1.82, 2.24) is 15.5 Å². The molecule has 1 saturated carbocycles. The third-order valence-electron chi connectivity index (χ3n) is 5.51.